The van der Waals surface area contributed by atoms with Gasteiger partial charge in [-0.15, -0.1) is 0 Å². The van der Waals surface area contributed by atoms with E-state index in [0.717, 1.165) is 11.3 Å². The predicted octanol–water partition coefficient (Wildman–Crippen LogP) is 2.63. The van der Waals surface area contributed by atoms with Gasteiger partial charge in [0.15, 0.2) is 0 Å². The van der Waals surface area contributed by atoms with Crippen molar-refractivity contribution in [2.24, 2.45) is 0 Å². The molecular formula is C17H17N3O. The van der Waals surface area contributed by atoms with Crippen molar-refractivity contribution in [3.05, 3.63) is 65.7 Å². The SMILES string of the molecule is CN(Cc1ccc(C#N)cc1)C(=O)CNc1ccccc1. The Balaban J connectivity index is 1.86. The van der Waals surface area contributed by atoms with Crippen LogP contribution in [0.3, 0.4) is 0 Å². The van der Waals surface area contributed by atoms with Crippen LogP contribution in [0.4, 0.5) is 5.69 Å². The van der Waals surface area contributed by atoms with Crippen LogP contribution in [0.2, 0.25) is 0 Å². The number of hydrogen-bond donors (Lipinski definition) is 1. The summed E-state index contributed by atoms with van der Waals surface area (Å²) in [5.41, 5.74) is 2.56. The smallest absolute Gasteiger partial charge is 0.241 e. The number of carbonyl (C=O) groups is 1. The highest BCUT2D eigenvalue weighted by molar-refractivity contribution is 5.80. The van der Waals surface area contributed by atoms with Crippen LogP contribution in [0.1, 0.15) is 11.1 Å². The lowest BCUT2D eigenvalue weighted by molar-refractivity contribution is -0.128. The lowest BCUT2D eigenvalue weighted by Crippen LogP contribution is -2.31. The van der Waals surface area contributed by atoms with Crippen molar-refractivity contribution in [3.8, 4) is 6.07 Å². The summed E-state index contributed by atoms with van der Waals surface area (Å²) in [4.78, 5) is 13.7. The molecule has 0 fully saturated rings. The molecule has 0 aliphatic heterocycles. The highest BCUT2D eigenvalue weighted by Gasteiger charge is 2.08. The average Bonchev–Trinajstić information content (AvgIpc) is 2.54. The zero-order valence-corrected chi connectivity index (χ0v) is 11.9. The third-order valence-electron chi connectivity index (χ3n) is 3.15. The van der Waals surface area contributed by atoms with Gasteiger partial charge >= 0.3 is 0 Å². The lowest BCUT2D eigenvalue weighted by Gasteiger charge is -2.18. The first kappa shape index (κ1) is 14.6. The summed E-state index contributed by atoms with van der Waals surface area (Å²) in [6, 6.07) is 19.0. The molecule has 0 spiro atoms. The Labute approximate surface area is 124 Å². The second-order valence-corrected chi connectivity index (χ2v) is 4.78. The minimum Gasteiger partial charge on any atom is -0.376 e. The van der Waals surface area contributed by atoms with E-state index in [1.807, 2.05) is 42.5 Å². The Morgan fingerprint density at radius 1 is 1.14 bits per heavy atom. The maximum absolute atomic E-state index is 12.1. The minimum absolute atomic E-state index is 0.0169. The van der Waals surface area contributed by atoms with Crippen LogP contribution in [0.5, 0.6) is 0 Å². The Bertz CT molecular complexity index is 629. The van der Waals surface area contributed by atoms with Crippen molar-refractivity contribution >= 4 is 11.6 Å². The molecule has 0 saturated heterocycles. The molecule has 2 aromatic rings. The summed E-state index contributed by atoms with van der Waals surface area (Å²) >= 11 is 0. The maximum atomic E-state index is 12.1. The number of nitrogens with one attached hydrogen (secondary N) is 1. The molecule has 0 atom stereocenters. The van der Waals surface area contributed by atoms with Gasteiger partial charge in [-0.25, -0.2) is 0 Å². The maximum Gasteiger partial charge on any atom is 0.241 e. The Hall–Kier alpha value is -2.80. The van der Waals surface area contributed by atoms with E-state index in [2.05, 4.69) is 11.4 Å². The third-order valence-corrected chi connectivity index (χ3v) is 3.15. The summed E-state index contributed by atoms with van der Waals surface area (Å²) in [7, 11) is 1.77. The largest absolute Gasteiger partial charge is 0.376 e. The van der Waals surface area contributed by atoms with Gasteiger partial charge in [-0.2, -0.15) is 5.26 Å². The zero-order chi connectivity index (χ0) is 15.1. The first-order valence-corrected chi connectivity index (χ1v) is 6.71. The van der Waals surface area contributed by atoms with Gasteiger partial charge in [0.1, 0.15) is 0 Å². The number of hydrogen-bond acceptors (Lipinski definition) is 3. The van der Waals surface area contributed by atoms with Gasteiger partial charge in [0, 0.05) is 19.3 Å². The molecule has 0 unspecified atom stereocenters. The monoisotopic (exact) mass is 279 g/mol. The van der Waals surface area contributed by atoms with Crippen LogP contribution in [0.15, 0.2) is 54.6 Å². The van der Waals surface area contributed by atoms with Crippen molar-refractivity contribution < 1.29 is 4.79 Å². The van der Waals surface area contributed by atoms with Crippen molar-refractivity contribution in [2.75, 3.05) is 18.9 Å². The third kappa shape index (κ3) is 4.36. The number of benzene rings is 2. The standard InChI is InChI=1S/C17H17N3O/c1-20(13-15-9-7-14(11-18)8-10-15)17(21)12-19-16-5-3-2-4-6-16/h2-10,19H,12-13H2,1H3. The van der Waals surface area contributed by atoms with E-state index < -0.39 is 0 Å². The molecule has 106 valence electrons. The molecule has 0 radical (unpaired) electrons. The Kier molecular flexibility index (Phi) is 4.94. The number of nitriles is 1. The van der Waals surface area contributed by atoms with Gasteiger partial charge in [-0.05, 0) is 29.8 Å². The number of carbonyl (C=O) groups excluding carboxylic acids is 1. The Morgan fingerprint density at radius 2 is 1.81 bits per heavy atom. The molecule has 21 heavy (non-hydrogen) atoms. The van der Waals surface area contributed by atoms with E-state index in [9.17, 15) is 4.79 Å². The molecule has 0 aromatic heterocycles. The second kappa shape index (κ2) is 7.11. The fourth-order valence-electron chi connectivity index (χ4n) is 1.92. The molecule has 0 heterocycles. The molecule has 0 saturated carbocycles. The van der Waals surface area contributed by atoms with Crippen LogP contribution in [-0.2, 0) is 11.3 Å². The fourth-order valence-corrected chi connectivity index (χ4v) is 1.92. The second-order valence-electron chi connectivity index (χ2n) is 4.78. The quantitative estimate of drug-likeness (QED) is 0.915. The minimum atomic E-state index is 0.0169. The molecule has 0 aliphatic carbocycles. The van der Waals surface area contributed by atoms with E-state index in [-0.39, 0.29) is 12.5 Å². The van der Waals surface area contributed by atoms with Gasteiger partial charge in [-0.1, -0.05) is 30.3 Å². The number of anilines is 1. The number of rotatable bonds is 5. The van der Waals surface area contributed by atoms with E-state index in [0.29, 0.717) is 12.1 Å². The molecule has 1 N–H and O–H groups in total. The van der Waals surface area contributed by atoms with Crippen LogP contribution in [0, 0.1) is 11.3 Å². The van der Waals surface area contributed by atoms with Crippen molar-refractivity contribution in [1.29, 1.82) is 5.26 Å². The van der Waals surface area contributed by atoms with E-state index in [1.165, 1.54) is 0 Å². The highest BCUT2D eigenvalue weighted by Crippen LogP contribution is 2.07. The first-order chi connectivity index (χ1) is 10.2. The summed E-state index contributed by atoms with van der Waals surface area (Å²) in [6.07, 6.45) is 0. The van der Waals surface area contributed by atoms with E-state index in [4.69, 9.17) is 5.26 Å². The first-order valence-electron chi connectivity index (χ1n) is 6.71. The normalized spacial score (nSPS) is 9.71. The fraction of sp³-hybridized carbons (Fsp3) is 0.176. The highest BCUT2D eigenvalue weighted by atomic mass is 16.2. The predicted molar refractivity (Wildman–Crippen MR) is 82.6 cm³/mol. The van der Waals surface area contributed by atoms with Crippen molar-refractivity contribution in [1.82, 2.24) is 4.90 Å². The molecule has 2 rings (SSSR count). The molecule has 1 amide bonds. The van der Waals surface area contributed by atoms with Crippen LogP contribution >= 0.6 is 0 Å². The van der Waals surface area contributed by atoms with Crippen LogP contribution in [0.25, 0.3) is 0 Å². The van der Waals surface area contributed by atoms with Crippen molar-refractivity contribution in [2.45, 2.75) is 6.54 Å². The van der Waals surface area contributed by atoms with Crippen LogP contribution < -0.4 is 5.32 Å². The molecule has 4 heteroatoms. The van der Waals surface area contributed by atoms with E-state index in [1.54, 1.807) is 24.1 Å². The topological polar surface area (TPSA) is 56.1 Å². The van der Waals surface area contributed by atoms with Gasteiger partial charge < -0.3 is 10.2 Å². The van der Waals surface area contributed by atoms with Gasteiger partial charge in [-0.3, -0.25) is 4.79 Å². The number of nitrogens with zero attached hydrogens (tertiary/aromatic N) is 2. The molecular weight excluding hydrogens is 262 g/mol. The number of para-hydroxylation sites is 1. The van der Waals surface area contributed by atoms with Gasteiger partial charge in [0.25, 0.3) is 0 Å². The summed E-state index contributed by atoms with van der Waals surface area (Å²) in [5, 5.41) is 11.8. The molecule has 2 aromatic carbocycles. The summed E-state index contributed by atoms with van der Waals surface area (Å²) in [5.74, 6) is 0.0169. The van der Waals surface area contributed by atoms with Gasteiger partial charge in [0.05, 0.1) is 18.2 Å². The lowest BCUT2D eigenvalue weighted by atomic mass is 10.1. The summed E-state index contributed by atoms with van der Waals surface area (Å²) in [6.45, 7) is 0.789. The molecule has 4 nitrogen and oxygen atoms in total. The number of likely N-dealkylation sites (N-methyl/N-ethyl adjacent to an activating group) is 1. The number of amides is 1. The average molecular weight is 279 g/mol. The van der Waals surface area contributed by atoms with E-state index >= 15 is 0 Å². The zero-order valence-electron chi connectivity index (χ0n) is 11.9. The van der Waals surface area contributed by atoms with Gasteiger partial charge in [0.2, 0.25) is 5.91 Å². The Morgan fingerprint density at radius 3 is 2.43 bits per heavy atom. The van der Waals surface area contributed by atoms with Crippen molar-refractivity contribution in [3.63, 3.8) is 0 Å². The summed E-state index contributed by atoms with van der Waals surface area (Å²) < 4.78 is 0. The van der Waals surface area contributed by atoms with Crippen LogP contribution in [-0.4, -0.2) is 24.4 Å². The molecule has 0 aliphatic rings. The molecule has 0 bridgehead atoms.